The summed E-state index contributed by atoms with van der Waals surface area (Å²) in [6.07, 6.45) is 1.41. The van der Waals surface area contributed by atoms with Crippen molar-refractivity contribution in [1.29, 1.82) is 0 Å². The average molecular weight is 359 g/mol. The number of nitrogens with zero attached hydrogens (tertiary/aromatic N) is 1. The number of hydrogen-bond acceptors (Lipinski definition) is 2. The van der Waals surface area contributed by atoms with E-state index >= 15 is 0 Å². The molecule has 0 aromatic heterocycles. The number of amides is 2. The van der Waals surface area contributed by atoms with Crippen LogP contribution in [0.3, 0.4) is 0 Å². The number of anilines is 1. The Labute approximate surface area is 130 Å². The molecule has 21 heavy (non-hydrogen) atoms. The number of aliphatic carboxylic acids is 1. The molecule has 7 heteroatoms. The quantitative estimate of drug-likeness (QED) is 0.869. The normalized spacial score (nSPS) is 21.4. The Hall–Kier alpha value is -1.63. The molecule has 1 unspecified atom stereocenters. The Morgan fingerprint density at radius 1 is 1.52 bits per heavy atom. The van der Waals surface area contributed by atoms with E-state index in [1.54, 1.807) is 13.0 Å². The first-order valence-corrected chi connectivity index (χ1v) is 7.47. The lowest BCUT2D eigenvalue weighted by Crippen LogP contribution is -2.54. The van der Waals surface area contributed by atoms with Crippen LogP contribution in [0.25, 0.3) is 0 Å². The van der Waals surface area contributed by atoms with Gasteiger partial charge in [-0.15, -0.1) is 0 Å². The second-order valence-electron chi connectivity index (χ2n) is 5.00. The topological polar surface area (TPSA) is 69.6 Å². The Balaban J connectivity index is 2.19. The summed E-state index contributed by atoms with van der Waals surface area (Å²) >= 11 is 3.03. The van der Waals surface area contributed by atoms with Crippen LogP contribution in [0.5, 0.6) is 0 Å². The zero-order valence-electron chi connectivity index (χ0n) is 11.5. The van der Waals surface area contributed by atoms with Gasteiger partial charge in [-0.2, -0.15) is 0 Å². The van der Waals surface area contributed by atoms with E-state index in [4.69, 9.17) is 0 Å². The van der Waals surface area contributed by atoms with Crippen LogP contribution in [-0.4, -0.2) is 34.1 Å². The Morgan fingerprint density at radius 2 is 2.24 bits per heavy atom. The molecule has 1 heterocycles. The summed E-state index contributed by atoms with van der Waals surface area (Å²) in [5.41, 5.74) is -0.874. The second-order valence-corrected chi connectivity index (χ2v) is 5.86. The third kappa shape index (κ3) is 2.88. The molecule has 0 radical (unpaired) electrons. The third-order valence-electron chi connectivity index (χ3n) is 3.89. The van der Waals surface area contributed by atoms with Gasteiger partial charge in [-0.05, 0) is 53.4 Å². The van der Waals surface area contributed by atoms with Crippen LogP contribution in [-0.2, 0) is 4.79 Å². The van der Waals surface area contributed by atoms with E-state index in [-0.39, 0.29) is 0 Å². The second kappa shape index (κ2) is 6.01. The smallest absolute Gasteiger partial charge is 0.329 e. The van der Waals surface area contributed by atoms with Crippen LogP contribution < -0.4 is 5.32 Å². The van der Waals surface area contributed by atoms with Gasteiger partial charge < -0.3 is 15.3 Å². The van der Waals surface area contributed by atoms with Crippen LogP contribution in [0.1, 0.15) is 26.2 Å². The van der Waals surface area contributed by atoms with E-state index in [2.05, 4.69) is 21.2 Å². The van der Waals surface area contributed by atoms with Crippen molar-refractivity contribution in [2.75, 3.05) is 11.9 Å². The highest BCUT2D eigenvalue weighted by atomic mass is 79.9. The van der Waals surface area contributed by atoms with Gasteiger partial charge in [-0.25, -0.2) is 14.0 Å². The number of rotatable bonds is 3. The number of likely N-dealkylation sites (tertiary alicyclic amines) is 1. The van der Waals surface area contributed by atoms with E-state index in [9.17, 15) is 19.1 Å². The molecule has 0 spiro atoms. The molecule has 0 saturated carbocycles. The molecule has 0 bridgehead atoms. The molecule has 1 aromatic carbocycles. The highest BCUT2D eigenvalue weighted by molar-refractivity contribution is 9.10. The maximum absolute atomic E-state index is 13.4. The van der Waals surface area contributed by atoms with Gasteiger partial charge in [0.2, 0.25) is 0 Å². The van der Waals surface area contributed by atoms with Crippen molar-refractivity contribution in [2.24, 2.45) is 0 Å². The predicted molar refractivity (Wildman–Crippen MR) is 79.7 cm³/mol. The number of carboxylic acids is 1. The zero-order chi connectivity index (χ0) is 15.6. The van der Waals surface area contributed by atoms with Gasteiger partial charge in [0, 0.05) is 12.2 Å². The number of hydrogen-bond donors (Lipinski definition) is 2. The summed E-state index contributed by atoms with van der Waals surface area (Å²) in [6.45, 7) is 2.13. The van der Waals surface area contributed by atoms with Crippen LogP contribution in [0, 0.1) is 5.82 Å². The highest BCUT2D eigenvalue weighted by Gasteiger charge is 2.48. The number of nitrogens with one attached hydrogen (secondary N) is 1. The van der Waals surface area contributed by atoms with Gasteiger partial charge in [0.05, 0.1) is 4.47 Å². The number of carboxylic acid groups (broad SMARTS) is 1. The van der Waals surface area contributed by atoms with Gasteiger partial charge >= 0.3 is 12.0 Å². The summed E-state index contributed by atoms with van der Waals surface area (Å²) in [7, 11) is 0. The van der Waals surface area contributed by atoms with Gasteiger partial charge in [0.1, 0.15) is 11.4 Å². The van der Waals surface area contributed by atoms with E-state index in [1.165, 1.54) is 17.0 Å². The maximum Gasteiger partial charge on any atom is 0.329 e. The van der Waals surface area contributed by atoms with E-state index in [1.807, 2.05) is 0 Å². The van der Waals surface area contributed by atoms with Crippen LogP contribution in [0.4, 0.5) is 14.9 Å². The number of carbonyl (C=O) groups is 2. The molecule has 0 aliphatic carbocycles. The molecule has 1 atom stereocenters. The Morgan fingerprint density at radius 3 is 2.81 bits per heavy atom. The lowest BCUT2D eigenvalue weighted by atomic mass is 9.93. The van der Waals surface area contributed by atoms with Gasteiger partial charge in [0.25, 0.3) is 0 Å². The van der Waals surface area contributed by atoms with E-state index in [0.29, 0.717) is 36.0 Å². The van der Waals surface area contributed by atoms with Crippen molar-refractivity contribution < 1.29 is 19.1 Å². The molecule has 2 N–H and O–H groups in total. The van der Waals surface area contributed by atoms with Crippen LogP contribution in [0.2, 0.25) is 0 Å². The summed E-state index contributed by atoms with van der Waals surface area (Å²) in [5, 5.41) is 12.0. The molecule has 1 saturated heterocycles. The van der Waals surface area contributed by atoms with Crippen molar-refractivity contribution in [2.45, 2.75) is 31.7 Å². The highest BCUT2D eigenvalue weighted by Crippen LogP contribution is 2.33. The summed E-state index contributed by atoms with van der Waals surface area (Å²) in [5.74, 6) is -1.49. The van der Waals surface area contributed by atoms with Gasteiger partial charge in [-0.3, -0.25) is 0 Å². The Kier molecular flexibility index (Phi) is 4.51. The standard InChI is InChI=1S/C14H16BrFN2O3/c1-2-14(12(19)20)6-3-7-18(14)13(21)17-9-4-5-10(15)11(16)8-9/h4-5,8H,2-3,6-7H2,1H3,(H,17,21)(H,19,20). The van der Waals surface area contributed by atoms with Gasteiger partial charge in [-0.1, -0.05) is 6.92 Å². The minimum atomic E-state index is -1.17. The van der Waals surface area contributed by atoms with Crippen molar-refractivity contribution in [3.63, 3.8) is 0 Å². The molecule has 1 aromatic rings. The number of benzene rings is 1. The summed E-state index contributed by atoms with van der Waals surface area (Å²) in [6, 6.07) is 3.71. The predicted octanol–water partition coefficient (Wildman–Crippen LogP) is 3.45. The zero-order valence-corrected chi connectivity index (χ0v) is 13.1. The molecule has 2 rings (SSSR count). The molecular formula is C14H16BrFN2O3. The molecule has 1 aliphatic heterocycles. The van der Waals surface area contributed by atoms with Gasteiger partial charge in [0.15, 0.2) is 0 Å². The van der Waals surface area contributed by atoms with E-state index < -0.39 is 23.4 Å². The van der Waals surface area contributed by atoms with Crippen molar-refractivity contribution in [1.82, 2.24) is 4.90 Å². The van der Waals surface area contributed by atoms with Crippen molar-refractivity contribution in [3.05, 3.63) is 28.5 Å². The fourth-order valence-corrected chi connectivity index (χ4v) is 2.93. The van der Waals surface area contributed by atoms with Crippen LogP contribution in [0.15, 0.2) is 22.7 Å². The first-order valence-electron chi connectivity index (χ1n) is 6.68. The fraction of sp³-hybridized carbons (Fsp3) is 0.429. The summed E-state index contributed by atoms with van der Waals surface area (Å²) in [4.78, 5) is 25.2. The lowest BCUT2D eigenvalue weighted by molar-refractivity contribution is -0.148. The molecular weight excluding hydrogens is 343 g/mol. The Bertz CT molecular complexity index is 581. The SMILES string of the molecule is CCC1(C(=O)O)CCCN1C(=O)Nc1ccc(Br)c(F)c1. The molecule has 114 valence electrons. The number of halogens is 2. The lowest BCUT2D eigenvalue weighted by Gasteiger charge is -2.33. The average Bonchev–Trinajstić information content (AvgIpc) is 2.88. The first-order chi connectivity index (χ1) is 9.90. The third-order valence-corrected chi connectivity index (χ3v) is 4.53. The largest absolute Gasteiger partial charge is 0.479 e. The first kappa shape index (κ1) is 15.8. The molecule has 1 aliphatic rings. The molecule has 5 nitrogen and oxygen atoms in total. The molecule has 1 fully saturated rings. The van der Waals surface area contributed by atoms with Crippen molar-refractivity contribution >= 4 is 33.6 Å². The summed E-state index contributed by atoms with van der Waals surface area (Å²) < 4.78 is 13.7. The maximum atomic E-state index is 13.4. The number of urea groups is 1. The van der Waals surface area contributed by atoms with Crippen molar-refractivity contribution in [3.8, 4) is 0 Å². The fourth-order valence-electron chi connectivity index (χ4n) is 2.68. The molecule has 2 amide bonds. The number of carbonyl (C=O) groups excluding carboxylic acids is 1. The minimum Gasteiger partial charge on any atom is -0.479 e. The monoisotopic (exact) mass is 358 g/mol. The minimum absolute atomic E-state index is 0.294. The van der Waals surface area contributed by atoms with E-state index in [0.717, 1.165) is 0 Å². The van der Waals surface area contributed by atoms with Crippen LogP contribution >= 0.6 is 15.9 Å².